The standard InChI is InChI=1S/C17H14F3N5O3/c18-17(19,20)12-8-10(23-15(26)14-2-1-7-28-14)3-4-13(12)24-16(27)21-9-11-5-6-22-25-11/h1-8H,9H2,(H,22,25)(H,23,26)(H2,21,24,27). The van der Waals surface area contributed by atoms with Gasteiger partial charge in [0, 0.05) is 11.9 Å². The topological polar surface area (TPSA) is 112 Å². The van der Waals surface area contributed by atoms with Gasteiger partial charge in [-0.15, -0.1) is 0 Å². The third-order valence-electron chi connectivity index (χ3n) is 3.57. The van der Waals surface area contributed by atoms with Crippen LogP contribution in [0.25, 0.3) is 0 Å². The highest BCUT2D eigenvalue weighted by Crippen LogP contribution is 2.36. The summed E-state index contributed by atoms with van der Waals surface area (Å²) in [6.07, 6.45) is -2.01. The first-order valence-electron chi connectivity index (χ1n) is 7.92. The van der Waals surface area contributed by atoms with Crippen LogP contribution < -0.4 is 16.0 Å². The average Bonchev–Trinajstić information content (AvgIpc) is 3.34. The summed E-state index contributed by atoms with van der Waals surface area (Å²) in [6, 6.07) is 6.65. The number of alkyl halides is 3. The Hall–Kier alpha value is -3.76. The third-order valence-corrected chi connectivity index (χ3v) is 3.57. The molecule has 3 amide bonds. The van der Waals surface area contributed by atoms with E-state index in [4.69, 9.17) is 4.42 Å². The Balaban J connectivity index is 1.73. The fourth-order valence-electron chi connectivity index (χ4n) is 2.29. The summed E-state index contributed by atoms with van der Waals surface area (Å²) in [7, 11) is 0. The Morgan fingerprint density at radius 1 is 1.14 bits per heavy atom. The van der Waals surface area contributed by atoms with Crippen molar-refractivity contribution in [2.45, 2.75) is 12.7 Å². The minimum absolute atomic E-state index is 0.0473. The molecule has 0 atom stereocenters. The van der Waals surface area contributed by atoms with Crippen LogP contribution in [-0.2, 0) is 12.7 Å². The number of halogens is 3. The lowest BCUT2D eigenvalue weighted by Gasteiger charge is -2.16. The minimum Gasteiger partial charge on any atom is -0.459 e. The van der Waals surface area contributed by atoms with E-state index in [2.05, 4.69) is 26.1 Å². The van der Waals surface area contributed by atoms with Crippen molar-refractivity contribution in [1.82, 2.24) is 15.5 Å². The van der Waals surface area contributed by atoms with Gasteiger partial charge < -0.3 is 20.4 Å². The number of carbonyl (C=O) groups is 2. The molecule has 28 heavy (non-hydrogen) atoms. The first kappa shape index (κ1) is 19.0. The highest BCUT2D eigenvalue weighted by Gasteiger charge is 2.34. The summed E-state index contributed by atoms with van der Waals surface area (Å²) >= 11 is 0. The van der Waals surface area contributed by atoms with Gasteiger partial charge in [0.2, 0.25) is 0 Å². The van der Waals surface area contributed by atoms with Crippen molar-refractivity contribution in [1.29, 1.82) is 0 Å². The van der Waals surface area contributed by atoms with E-state index in [1.807, 2.05) is 0 Å². The number of nitrogens with zero attached hydrogens (tertiary/aromatic N) is 1. The van der Waals surface area contributed by atoms with Gasteiger partial charge in [-0.05, 0) is 36.4 Å². The zero-order valence-corrected chi connectivity index (χ0v) is 14.1. The SMILES string of the molecule is O=C(NCc1ccn[nH]1)Nc1ccc(NC(=O)c2ccco2)cc1C(F)(F)F. The van der Waals surface area contributed by atoms with Crippen molar-refractivity contribution < 1.29 is 27.2 Å². The van der Waals surface area contributed by atoms with E-state index >= 15 is 0 Å². The number of nitrogens with one attached hydrogen (secondary N) is 4. The molecule has 0 aliphatic carbocycles. The zero-order valence-electron chi connectivity index (χ0n) is 14.1. The second-order valence-corrected chi connectivity index (χ2v) is 5.58. The number of rotatable bonds is 5. The van der Waals surface area contributed by atoms with Crippen molar-refractivity contribution in [3.63, 3.8) is 0 Å². The number of benzene rings is 1. The van der Waals surface area contributed by atoms with Crippen LogP contribution in [0.15, 0.2) is 53.3 Å². The molecule has 8 nitrogen and oxygen atoms in total. The van der Waals surface area contributed by atoms with Crippen molar-refractivity contribution in [2.24, 2.45) is 0 Å². The predicted molar refractivity (Wildman–Crippen MR) is 92.6 cm³/mol. The Bertz CT molecular complexity index is 953. The first-order chi connectivity index (χ1) is 13.3. The molecule has 2 heterocycles. The Morgan fingerprint density at radius 3 is 2.61 bits per heavy atom. The van der Waals surface area contributed by atoms with Crippen LogP contribution >= 0.6 is 0 Å². The second-order valence-electron chi connectivity index (χ2n) is 5.58. The number of amides is 3. The molecule has 0 saturated heterocycles. The molecule has 0 bridgehead atoms. The summed E-state index contributed by atoms with van der Waals surface area (Å²) in [6.45, 7) is 0.0600. The molecular weight excluding hydrogens is 379 g/mol. The average molecular weight is 393 g/mol. The van der Waals surface area contributed by atoms with E-state index < -0.39 is 29.4 Å². The molecule has 3 aromatic rings. The Kier molecular flexibility index (Phi) is 5.34. The van der Waals surface area contributed by atoms with Gasteiger partial charge in [0.15, 0.2) is 5.76 Å². The van der Waals surface area contributed by atoms with Gasteiger partial charge in [0.1, 0.15) is 0 Å². The Morgan fingerprint density at radius 2 is 1.96 bits per heavy atom. The molecule has 1 aromatic carbocycles. The number of furan rings is 1. The lowest BCUT2D eigenvalue weighted by atomic mass is 10.1. The van der Waals surface area contributed by atoms with E-state index in [0.29, 0.717) is 5.69 Å². The number of aromatic amines is 1. The molecule has 0 aliphatic rings. The number of anilines is 2. The molecule has 0 fully saturated rings. The van der Waals surface area contributed by atoms with Gasteiger partial charge in [-0.25, -0.2) is 4.79 Å². The lowest BCUT2D eigenvalue weighted by Crippen LogP contribution is -2.29. The molecule has 0 radical (unpaired) electrons. The molecule has 146 valence electrons. The fourth-order valence-corrected chi connectivity index (χ4v) is 2.29. The van der Waals surface area contributed by atoms with Crippen LogP contribution in [0.3, 0.4) is 0 Å². The van der Waals surface area contributed by atoms with Crippen molar-refractivity contribution in [2.75, 3.05) is 10.6 Å². The number of urea groups is 1. The number of hydrogen-bond acceptors (Lipinski definition) is 4. The van der Waals surface area contributed by atoms with Gasteiger partial charge in [0.25, 0.3) is 5.91 Å². The van der Waals surface area contributed by atoms with Crippen molar-refractivity contribution >= 4 is 23.3 Å². The van der Waals surface area contributed by atoms with Crippen molar-refractivity contribution in [3.8, 4) is 0 Å². The molecule has 0 spiro atoms. The van der Waals surface area contributed by atoms with Gasteiger partial charge in [-0.1, -0.05) is 0 Å². The normalized spacial score (nSPS) is 11.1. The zero-order chi connectivity index (χ0) is 20.1. The number of hydrogen-bond donors (Lipinski definition) is 4. The van der Waals surface area contributed by atoms with Gasteiger partial charge in [-0.2, -0.15) is 18.3 Å². The maximum absolute atomic E-state index is 13.4. The van der Waals surface area contributed by atoms with E-state index in [1.54, 1.807) is 6.07 Å². The summed E-state index contributed by atoms with van der Waals surface area (Å²) in [5, 5.41) is 13.2. The van der Waals surface area contributed by atoms with Gasteiger partial charge in [0.05, 0.1) is 29.8 Å². The number of aromatic nitrogens is 2. The molecule has 0 saturated carbocycles. The van der Waals surface area contributed by atoms with E-state index in [0.717, 1.165) is 12.1 Å². The summed E-state index contributed by atoms with van der Waals surface area (Å²) in [5.74, 6) is -0.745. The van der Waals surface area contributed by atoms with Crippen LogP contribution in [0, 0.1) is 0 Å². The Labute approximate surface area is 156 Å². The summed E-state index contributed by atoms with van der Waals surface area (Å²) < 4.78 is 45.0. The number of H-pyrrole nitrogens is 1. The minimum atomic E-state index is -4.75. The van der Waals surface area contributed by atoms with Crippen LogP contribution in [0.4, 0.5) is 29.3 Å². The van der Waals surface area contributed by atoms with E-state index in [-0.39, 0.29) is 18.0 Å². The molecule has 0 unspecified atom stereocenters. The monoisotopic (exact) mass is 393 g/mol. The lowest BCUT2D eigenvalue weighted by molar-refractivity contribution is -0.136. The third kappa shape index (κ3) is 4.69. The van der Waals surface area contributed by atoms with E-state index in [9.17, 15) is 22.8 Å². The van der Waals surface area contributed by atoms with Crippen LogP contribution in [0.5, 0.6) is 0 Å². The molecule has 0 aliphatic heterocycles. The van der Waals surface area contributed by atoms with Crippen molar-refractivity contribution in [3.05, 3.63) is 65.9 Å². The quantitative estimate of drug-likeness (QED) is 0.531. The number of carbonyl (C=O) groups excluding carboxylic acids is 2. The highest BCUT2D eigenvalue weighted by molar-refractivity contribution is 6.02. The molecular formula is C17H14F3N5O3. The van der Waals surface area contributed by atoms with Crippen LogP contribution in [0.1, 0.15) is 21.8 Å². The molecule has 11 heteroatoms. The fraction of sp³-hybridized carbons (Fsp3) is 0.118. The largest absolute Gasteiger partial charge is 0.459 e. The molecule has 2 aromatic heterocycles. The van der Waals surface area contributed by atoms with Crippen LogP contribution in [0.2, 0.25) is 0 Å². The predicted octanol–water partition coefficient (Wildman–Crippen LogP) is 3.60. The second kappa shape index (κ2) is 7.86. The smallest absolute Gasteiger partial charge is 0.418 e. The summed E-state index contributed by atoms with van der Waals surface area (Å²) in [4.78, 5) is 23.8. The molecule has 3 rings (SSSR count). The maximum atomic E-state index is 13.4. The van der Waals surface area contributed by atoms with Crippen LogP contribution in [-0.4, -0.2) is 22.1 Å². The van der Waals surface area contributed by atoms with Gasteiger partial charge in [-0.3, -0.25) is 9.89 Å². The first-order valence-corrected chi connectivity index (χ1v) is 7.92. The van der Waals surface area contributed by atoms with Gasteiger partial charge >= 0.3 is 12.2 Å². The summed E-state index contributed by atoms with van der Waals surface area (Å²) in [5.41, 5.74) is -1.08. The molecule has 4 N–H and O–H groups in total. The maximum Gasteiger partial charge on any atom is 0.418 e. The van der Waals surface area contributed by atoms with E-state index in [1.165, 1.54) is 30.7 Å². The highest BCUT2D eigenvalue weighted by atomic mass is 19.4.